The third-order valence-electron chi connectivity index (χ3n) is 3.36. The second-order valence-corrected chi connectivity index (χ2v) is 4.43. The number of nitrogens with zero attached hydrogens (tertiary/aromatic N) is 3. The van der Waals surface area contributed by atoms with Crippen LogP contribution < -0.4 is 0 Å². The second-order valence-electron chi connectivity index (χ2n) is 4.43. The Morgan fingerprint density at radius 3 is 2.65 bits per heavy atom. The van der Waals surface area contributed by atoms with Crippen LogP contribution in [-0.4, -0.2) is 34.5 Å². The third-order valence-corrected chi connectivity index (χ3v) is 3.36. The summed E-state index contributed by atoms with van der Waals surface area (Å²) >= 11 is 0. The van der Waals surface area contributed by atoms with Crippen molar-refractivity contribution < 1.29 is 9.59 Å². The number of rotatable bonds is 5. The summed E-state index contributed by atoms with van der Waals surface area (Å²) in [5.74, 6) is 0.0531. The van der Waals surface area contributed by atoms with E-state index >= 15 is 0 Å². The Kier molecular flexibility index (Phi) is 4.33. The minimum atomic E-state index is 0.0531. The van der Waals surface area contributed by atoms with Crippen LogP contribution in [0, 0.1) is 0 Å². The van der Waals surface area contributed by atoms with Gasteiger partial charge in [-0.15, -0.1) is 0 Å². The molecule has 0 saturated heterocycles. The fourth-order valence-electron chi connectivity index (χ4n) is 2.32. The van der Waals surface area contributed by atoms with Gasteiger partial charge in [-0.1, -0.05) is 18.2 Å². The number of hydrogen-bond donors (Lipinski definition) is 0. The quantitative estimate of drug-likeness (QED) is 0.619. The normalized spacial score (nSPS) is 10.3. The number of likely N-dealkylation sites (N-methyl/N-ethyl adjacent to an activating group) is 1. The smallest absolute Gasteiger partial charge is 0.242 e. The van der Waals surface area contributed by atoms with Crippen molar-refractivity contribution in [3.05, 3.63) is 30.5 Å². The highest BCUT2D eigenvalue weighted by atomic mass is 16.2. The standard InChI is InChI=1S/C15H17N3O2/c1-3-17(4-2)15(20)10-18-9-13(16-11-19)12-7-5-6-8-14(12)18/h5-9H,3-4,10H2,1-2H3. The summed E-state index contributed by atoms with van der Waals surface area (Å²) in [6.07, 6.45) is 3.27. The SMILES string of the molecule is CCN(CC)C(=O)Cn1cc(N=C=O)c2ccccc21. The van der Waals surface area contributed by atoms with Crippen molar-refractivity contribution in [1.82, 2.24) is 9.47 Å². The molecule has 1 aromatic heterocycles. The Hall–Kier alpha value is -2.39. The van der Waals surface area contributed by atoms with Gasteiger partial charge in [0.05, 0.1) is 5.52 Å². The van der Waals surface area contributed by atoms with Crippen molar-refractivity contribution >= 4 is 28.6 Å². The first-order valence-corrected chi connectivity index (χ1v) is 6.64. The van der Waals surface area contributed by atoms with E-state index in [1.807, 2.05) is 42.7 Å². The van der Waals surface area contributed by atoms with Gasteiger partial charge in [-0.05, 0) is 19.9 Å². The number of aromatic nitrogens is 1. The third kappa shape index (κ3) is 2.63. The number of carbonyl (C=O) groups is 1. The first-order chi connectivity index (χ1) is 9.71. The molecule has 1 aromatic carbocycles. The average molecular weight is 271 g/mol. The maximum Gasteiger partial charge on any atom is 0.242 e. The molecule has 0 aliphatic heterocycles. The van der Waals surface area contributed by atoms with Crippen LogP contribution in [0.1, 0.15) is 13.8 Å². The van der Waals surface area contributed by atoms with E-state index in [2.05, 4.69) is 4.99 Å². The molecule has 0 radical (unpaired) electrons. The highest BCUT2D eigenvalue weighted by Gasteiger charge is 2.13. The molecule has 5 heteroatoms. The van der Waals surface area contributed by atoms with Crippen LogP contribution in [-0.2, 0) is 16.1 Å². The highest BCUT2D eigenvalue weighted by Crippen LogP contribution is 2.27. The van der Waals surface area contributed by atoms with Crippen LogP contribution in [0.15, 0.2) is 35.5 Å². The molecule has 104 valence electrons. The molecular formula is C15H17N3O2. The number of para-hydroxylation sites is 1. The molecule has 0 fully saturated rings. The predicted octanol–water partition coefficient (Wildman–Crippen LogP) is 2.48. The van der Waals surface area contributed by atoms with E-state index in [1.165, 1.54) is 0 Å². The van der Waals surface area contributed by atoms with Crippen molar-refractivity contribution in [3.8, 4) is 0 Å². The van der Waals surface area contributed by atoms with E-state index in [1.54, 1.807) is 17.2 Å². The highest BCUT2D eigenvalue weighted by molar-refractivity contribution is 5.93. The van der Waals surface area contributed by atoms with Gasteiger partial charge in [0, 0.05) is 24.7 Å². The first kappa shape index (κ1) is 14.0. The average Bonchev–Trinajstić information content (AvgIpc) is 2.79. The lowest BCUT2D eigenvalue weighted by Crippen LogP contribution is -2.33. The topological polar surface area (TPSA) is 54.7 Å². The molecule has 2 rings (SSSR count). The minimum Gasteiger partial charge on any atom is -0.342 e. The molecule has 0 spiro atoms. The Bertz CT molecular complexity index is 665. The fraction of sp³-hybridized carbons (Fsp3) is 0.333. The van der Waals surface area contributed by atoms with Gasteiger partial charge in [0.2, 0.25) is 12.0 Å². The van der Waals surface area contributed by atoms with E-state index in [0.717, 1.165) is 10.9 Å². The fourth-order valence-corrected chi connectivity index (χ4v) is 2.32. The van der Waals surface area contributed by atoms with Crippen LogP contribution in [0.25, 0.3) is 10.9 Å². The number of fused-ring (bicyclic) bond motifs is 1. The van der Waals surface area contributed by atoms with Gasteiger partial charge in [-0.3, -0.25) is 4.79 Å². The Labute approximate surface area is 117 Å². The zero-order chi connectivity index (χ0) is 14.5. The summed E-state index contributed by atoms with van der Waals surface area (Å²) in [7, 11) is 0. The van der Waals surface area contributed by atoms with Gasteiger partial charge in [0.25, 0.3) is 0 Å². The molecule has 0 N–H and O–H groups in total. The summed E-state index contributed by atoms with van der Waals surface area (Å²) in [6.45, 7) is 5.53. The second kappa shape index (κ2) is 6.17. The maximum absolute atomic E-state index is 12.2. The Morgan fingerprint density at radius 1 is 1.30 bits per heavy atom. The molecule has 1 heterocycles. The van der Waals surface area contributed by atoms with Crippen LogP contribution >= 0.6 is 0 Å². The van der Waals surface area contributed by atoms with E-state index in [-0.39, 0.29) is 12.5 Å². The van der Waals surface area contributed by atoms with Crippen molar-refractivity contribution in [1.29, 1.82) is 0 Å². The van der Waals surface area contributed by atoms with Gasteiger partial charge in [-0.25, -0.2) is 4.79 Å². The van der Waals surface area contributed by atoms with Crippen molar-refractivity contribution in [2.45, 2.75) is 20.4 Å². The summed E-state index contributed by atoms with van der Waals surface area (Å²) in [4.78, 5) is 28.1. The number of hydrogen-bond acceptors (Lipinski definition) is 3. The molecule has 0 aliphatic carbocycles. The molecule has 20 heavy (non-hydrogen) atoms. The molecule has 0 bridgehead atoms. The minimum absolute atomic E-state index is 0.0531. The molecule has 5 nitrogen and oxygen atoms in total. The lowest BCUT2D eigenvalue weighted by atomic mass is 10.2. The number of amides is 1. The van der Waals surface area contributed by atoms with E-state index in [9.17, 15) is 9.59 Å². The summed E-state index contributed by atoms with van der Waals surface area (Å²) in [6, 6.07) is 7.57. The van der Waals surface area contributed by atoms with Gasteiger partial charge in [0.1, 0.15) is 12.2 Å². The van der Waals surface area contributed by atoms with Gasteiger partial charge >= 0.3 is 0 Å². The number of aliphatic imine (C=N–C) groups is 1. The summed E-state index contributed by atoms with van der Waals surface area (Å²) in [5.41, 5.74) is 1.44. The first-order valence-electron chi connectivity index (χ1n) is 6.64. The number of isocyanates is 1. The molecule has 2 aromatic rings. The zero-order valence-electron chi connectivity index (χ0n) is 11.7. The molecule has 0 atom stereocenters. The Morgan fingerprint density at radius 2 is 2.00 bits per heavy atom. The van der Waals surface area contributed by atoms with Crippen LogP contribution in [0.2, 0.25) is 0 Å². The Balaban J connectivity index is 2.40. The summed E-state index contributed by atoms with van der Waals surface area (Å²) in [5, 5.41) is 0.850. The van der Waals surface area contributed by atoms with Crippen molar-refractivity contribution in [3.63, 3.8) is 0 Å². The monoisotopic (exact) mass is 271 g/mol. The van der Waals surface area contributed by atoms with E-state index < -0.39 is 0 Å². The largest absolute Gasteiger partial charge is 0.342 e. The summed E-state index contributed by atoms with van der Waals surface area (Å²) < 4.78 is 1.83. The number of carbonyl (C=O) groups excluding carboxylic acids is 2. The number of benzene rings is 1. The maximum atomic E-state index is 12.2. The van der Waals surface area contributed by atoms with Crippen LogP contribution in [0.3, 0.4) is 0 Å². The van der Waals surface area contributed by atoms with Gasteiger partial charge < -0.3 is 9.47 Å². The van der Waals surface area contributed by atoms with Gasteiger partial charge in [-0.2, -0.15) is 4.99 Å². The molecule has 0 aliphatic rings. The molecular weight excluding hydrogens is 254 g/mol. The van der Waals surface area contributed by atoms with Crippen molar-refractivity contribution in [2.24, 2.45) is 4.99 Å². The lowest BCUT2D eigenvalue weighted by Gasteiger charge is -2.19. The molecule has 0 saturated carbocycles. The lowest BCUT2D eigenvalue weighted by molar-refractivity contribution is -0.131. The molecule has 1 amide bonds. The van der Waals surface area contributed by atoms with Crippen LogP contribution in [0.4, 0.5) is 5.69 Å². The molecule has 0 unspecified atom stereocenters. The zero-order valence-corrected chi connectivity index (χ0v) is 11.7. The van der Waals surface area contributed by atoms with Gasteiger partial charge in [0.15, 0.2) is 0 Å². The van der Waals surface area contributed by atoms with E-state index in [4.69, 9.17) is 0 Å². The van der Waals surface area contributed by atoms with Crippen LogP contribution in [0.5, 0.6) is 0 Å². The van der Waals surface area contributed by atoms with Crippen molar-refractivity contribution in [2.75, 3.05) is 13.1 Å². The predicted molar refractivity (Wildman–Crippen MR) is 77.6 cm³/mol. The van der Waals surface area contributed by atoms with E-state index in [0.29, 0.717) is 18.8 Å².